The van der Waals surface area contributed by atoms with Crippen molar-refractivity contribution in [3.05, 3.63) is 53.1 Å². The van der Waals surface area contributed by atoms with E-state index in [1.165, 1.54) is 25.0 Å². The van der Waals surface area contributed by atoms with Gasteiger partial charge < -0.3 is 5.32 Å². The van der Waals surface area contributed by atoms with E-state index in [-0.39, 0.29) is 5.82 Å². The topological polar surface area (TPSA) is 42.0 Å². The number of rotatable bonds is 3. The van der Waals surface area contributed by atoms with E-state index in [9.17, 15) is 13.6 Å². The first-order valence-electron chi connectivity index (χ1n) is 8.15. The van der Waals surface area contributed by atoms with Gasteiger partial charge in [-0.3, -0.25) is 9.78 Å². The van der Waals surface area contributed by atoms with Gasteiger partial charge >= 0.3 is 0 Å². The van der Waals surface area contributed by atoms with Crippen molar-refractivity contribution in [1.29, 1.82) is 0 Å². The number of nitrogens with one attached hydrogen (secondary N) is 1. The highest BCUT2D eigenvalue weighted by molar-refractivity contribution is 5.87. The van der Waals surface area contributed by atoms with Gasteiger partial charge in [-0.15, -0.1) is 0 Å². The number of pyridine rings is 1. The second-order valence-electron chi connectivity index (χ2n) is 6.30. The highest BCUT2D eigenvalue weighted by Crippen LogP contribution is 2.40. The number of aromatic nitrogens is 1. The molecule has 4 rings (SSSR count). The fraction of sp³-hybridized carbons (Fsp3) is 0.368. The van der Waals surface area contributed by atoms with Crippen LogP contribution < -0.4 is 5.32 Å². The molecule has 0 spiro atoms. The molecule has 2 heterocycles. The highest BCUT2D eigenvalue weighted by Gasteiger charge is 2.25. The van der Waals surface area contributed by atoms with Crippen LogP contribution in [0, 0.1) is 12.7 Å². The van der Waals surface area contributed by atoms with Gasteiger partial charge in [-0.1, -0.05) is 6.07 Å². The molecule has 1 saturated carbocycles. The number of halogens is 2. The third-order valence-corrected chi connectivity index (χ3v) is 4.15. The van der Waals surface area contributed by atoms with E-state index in [4.69, 9.17) is 0 Å². The molecule has 126 valence electrons. The summed E-state index contributed by atoms with van der Waals surface area (Å²) < 4.78 is 24.6. The molecule has 24 heavy (non-hydrogen) atoms. The Kier molecular flexibility index (Phi) is 5.00. The monoisotopic (exact) mass is 330 g/mol. The average Bonchev–Trinajstić information content (AvgIpc) is 3.37. The van der Waals surface area contributed by atoms with Gasteiger partial charge in [-0.25, -0.2) is 8.78 Å². The number of carbonyl (C=O) groups is 1. The van der Waals surface area contributed by atoms with Crippen LogP contribution in [0.4, 0.5) is 8.78 Å². The fourth-order valence-corrected chi connectivity index (χ4v) is 2.59. The number of aryl methyl sites for hydroxylation is 1. The van der Waals surface area contributed by atoms with Crippen molar-refractivity contribution >= 4 is 6.29 Å². The van der Waals surface area contributed by atoms with Crippen molar-refractivity contribution < 1.29 is 13.6 Å². The molecule has 1 aliphatic heterocycles. The zero-order valence-electron chi connectivity index (χ0n) is 13.6. The molecular weight excluding hydrogens is 310 g/mol. The lowest BCUT2D eigenvalue weighted by Crippen LogP contribution is -2.43. The fourth-order valence-electron chi connectivity index (χ4n) is 2.59. The summed E-state index contributed by atoms with van der Waals surface area (Å²) in [5.74, 6) is 0.165. The summed E-state index contributed by atoms with van der Waals surface area (Å²) >= 11 is 0. The van der Waals surface area contributed by atoms with E-state index < -0.39 is 6.17 Å². The van der Waals surface area contributed by atoms with Crippen molar-refractivity contribution in [2.24, 2.45) is 0 Å². The second kappa shape index (κ2) is 7.18. The van der Waals surface area contributed by atoms with E-state index in [2.05, 4.69) is 10.3 Å². The third-order valence-electron chi connectivity index (χ3n) is 4.15. The molecule has 1 N–H and O–H groups in total. The van der Waals surface area contributed by atoms with Crippen LogP contribution in [0.2, 0.25) is 0 Å². The lowest BCUT2D eigenvalue weighted by atomic mass is 9.99. The van der Waals surface area contributed by atoms with Crippen molar-refractivity contribution in [1.82, 2.24) is 10.3 Å². The molecule has 0 bridgehead atoms. The van der Waals surface area contributed by atoms with E-state index in [1.807, 2.05) is 19.1 Å². The molecule has 2 fully saturated rings. The van der Waals surface area contributed by atoms with Crippen LogP contribution >= 0.6 is 0 Å². The standard InChI is InChI=1S/C16H14FNO.C3H6FN/c1-10-6-12(8-16(18-10)11-2-3-11)15-5-4-14(17)7-13(15)9-19;4-3-1-5-2-3/h4-9,11H,2-3H2,1H3;3,5H,1-2H2. The van der Waals surface area contributed by atoms with Gasteiger partial charge in [0.2, 0.25) is 0 Å². The molecule has 2 aromatic rings. The molecule has 1 aromatic heterocycles. The first kappa shape index (κ1) is 16.7. The minimum atomic E-state index is -0.546. The number of carbonyl (C=O) groups excluding carboxylic acids is 1. The smallest absolute Gasteiger partial charge is 0.150 e. The molecule has 0 atom stereocenters. The Morgan fingerprint density at radius 1 is 1.21 bits per heavy atom. The van der Waals surface area contributed by atoms with Crippen LogP contribution in [0.3, 0.4) is 0 Å². The van der Waals surface area contributed by atoms with E-state index >= 15 is 0 Å². The van der Waals surface area contributed by atoms with Gasteiger partial charge in [0.15, 0.2) is 6.29 Å². The summed E-state index contributed by atoms with van der Waals surface area (Å²) in [7, 11) is 0. The van der Waals surface area contributed by atoms with Gasteiger partial charge in [0, 0.05) is 36.0 Å². The largest absolute Gasteiger partial charge is 0.311 e. The summed E-state index contributed by atoms with van der Waals surface area (Å²) in [6.45, 7) is 3.08. The molecule has 0 radical (unpaired) electrons. The molecule has 1 aromatic carbocycles. The predicted molar refractivity (Wildman–Crippen MR) is 89.5 cm³/mol. The van der Waals surface area contributed by atoms with Crippen LogP contribution in [0.5, 0.6) is 0 Å². The summed E-state index contributed by atoms with van der Waals surface area (Å²) in [5.41, 5.74) is 4.10. The van der Waals surface area contributed by atoms with Crippen molar-refractivity contribution in [2.75, 3.05) is 13.1 Å². The molecule has 0 amide bonds. The SMILES string of the molecule is Cc1cc(-c2ccc(F)cc2C=O)cc(C2CC2)n1.FC1CNC1. The Morgan fingerprint density at radius 2 is 1.92 bits per heavy atom. The quantitative estimate of drug-likeness (QED) is 0.870. The maximum atomic E-state index is 13.2. The maximum Gasteiger partial charge on any atom is 0.150 e. The van der Waals surface area contributed by atoms with Crippen molar-refractivity contribution in [3.63, 3.8) is 0 Å². The molecule has 2 aliphatic rings. The lowest BCUT2D eigenvalue weighted by Gasteiger charge is -2.17. The number of aldehydes is 1. The summed E-state index contributed by atoms with van der Waals surface area (Å²) in [6.07, 6.45) is 2.51. The lowest BCUT2D eigenvalue weighted by molar-refractivity contribution is 0.112. The van der Waals surface area contributed by atoms with Gasteiger partial charge in [0.05, 0.1) is 0 Å². The van der Waals surface area contributed by atoms with Crippen LogP contribution in [0.1, 0.15) is 40.5 Å². The van der Waals surface area contributed by atoms with Gasteiger partial charge in [-0.2, -0.15) is 0 Å². The third kappa shape index (κ3) is 4.03. The van der Waals surface area contributed by atoms with Crippen LogP contribution in [0.15, 0.2) is 30.3 Å². The van der Waals surface area contributed by atoms with Crippen LogP contribution in [0.25, 0.3) is 11.1 Å². The van der Waals surface area contributed by atoms with Crippen molar-refractivity contribution in [3.8, 4) is 11.1 Å². The van der Waals surface area contributed by atoms with E-state index in [1.54, 1.807) is 6.07 Å². The minimum absolute atomic E-state index is 0.382. The average molecular weight is 330 g/mol. The zero-order chi connectivity index (χ0) is 17.1. The summed E-state index contributed by atoms with van der Waals surface area (Å²) in [6, 6.07) is 8.27. The molecule has 1 saturated heterocycles. The molecule has 1 aliphatic carbocycles. The van der Waals surface area contributed by atoms with E-state index in [0.717, 1.165) is 22.5 Å². The van der Waals surface area contributed by atoms with Gasteiger partial charge in [-0.05, 0) is 55.2 Å². The van der Waals surface area contributed by atoms with Crippen LogP contribution in [-0.2, 0) is 0 Å². The first-order chi connectivity index (χ1) is 11.6. The minimum Gasteiger partial charge on any atom is -0.311 e. The number of nitrogens with zero attached hydrogens (tertiary/aromatic N) is 1. The maximum absolute atomic E-state index is 13.2. The summed E-state index contributed by atoms with van der Waals surface area (Å²) in [4.78, 5) is 15.6. The van der Waals surface area contributed by atoms with E-state index in [0.29, 0.717) is 30.9 Å². The van der Waals surface area contributed by atoms with Crippen molar-refractivity contribution in [2.45, 2.75) is 31.9 Å². The van der Waals surface area contributed by atoms with Gasteiger partial charge in [0.25, 0.3) is 0 Å². The Morgan fingerprint density at radius 3 is 2.46 bits per heavy atom. The van der Waals surface area contributed by atoms with Gasteiger partial charge in [0.1, 0.15) is 12.0 Å². The predicted octanol–water partition coefficient (Wildman–Crippen LogP) is 3.81. The second-order valence-corrected chi connectivity index (χ2v) is 6.30. The van der Waals surface area contributed by atoms with Crippen LogP contribution in [-0.4, -0.2) is 30.5 Å². The Bertz CT molecular complexity index is 740. The zero-order valence-corrected chi connectivity index (χ0v) is 13.6. The number of hydrogen-bond donors (Lipinski definition) is 1. The Labute approximate surface area is 140 Å². The number of alkyl halides is 1. The number of hydrogen-bond acceptors (Lipinski definition) is 3. The molecule has 3 nitrogen and oxygen atoms in total. The molecular formula is C19H20F2N2O. The Balaban J connectivity index is 0.000000290. The molecule has 0 unspecified atom stereocenters. The first-order valence-corrected chi connectivity index (χ1v) is 8.15. The number of benzene rings is 1. The molecule has 5 heteroatoms. The Hall–Kier alpha value is -2.14. The summed E-state index contributed by atoms with van der Waals surface area (Å²) in [5, 5.41) is 2.79. The normalized spacial score (nSPS) is 16.8. The highest BCUT2D eigenvalue weighted by atomic mass is 19.1.